The number of benzene rings is 1. The summed E-state index contributed by atoms with van der Waals surface area (Å²) >= 11 is 14.7. The highest BCUT2D eigenvalue weighted by atomic mass is 35.5. The molecule has 0 fully saturated rings. The minimum atomic E-state index is -0.894. The molecule has 0 aliphatic heterocycles. The Labute approximate surface area is 156 Å². The van der Waals surface area contributed by atoms with Gasteiger partial charge < -0.3 is 10.4 Å². The van der Waals surface area contributed by atoms with Crippen molar-refractivity contribution in [2.75, 3.05) is 6.54 Å². The van der Waals surface area contributed by atoms with Crippen LogP contribution in [0.25, 0.3) is 9.88 Å². The van der Waals surface area contributed by atoms with Gasteiger partial charge in [-0.1, -0.05) is 29.3 Å². The fourth-order valence-corrected chi connectivity index (χ4v) is 4.23. The maximum Gasteiger partial charge on any atom is 0.263 e. The quantitative estimate of drug-likeness (QED) is 0.657. The lowest BCUT2D eigenvalue weighted by atomic mass is 10.1. The average molecular weight is 399 g/mol. The molecule has 24 heavy (non-hydrogen) atoms. The van der Waals surface area contributed by atoms with Gasteiger partial charge in [-0.25, -0.2) is 4.98 Å². The summed E-state index contributed by atoms with van der Waals surface area (Å²) in [6.07, 6.45) is 0.646. The molecule has 124 valence electrons. The summed E-state index contributed by atoms with van der Waals surface area (Å²) in [5.41, 5.74) is 0.552. The van der Waals surface area contributed by atoms with Crippen molar-refractivity contribution in [2.24, 2.45) is 0 Å². The third-order valence-electron chi connectivity index (χ3n) is 3.19. The van der Waals surface area contributed by atoms with Crippen LogP contribution in [0, 0.1) is 0 Å². The lowest BCUT2D eigenvalue weighted by molar-refractivity contribution is 0.0920. The minimum Gasteiger partial charge on any atom is -0.387 e. The van der Waals surface area contributed by atoms with Crippen molar-refractivity contribution in [2.45, 2.75) is 6.10 Å². The van der Waals surface area contributed by atoms with Gasteiger partial charge in [0.25, 0.3) is 5.91 Å². The Kier molecular flexibility index (Phi) is 5.53. The molecule has 0 bridgehead atoms. The van der Waals surface area contributed by atoms with Crippen LogP contribution >= 0.6 is 45.9 Å². The lowest BCUT2D eigenvalue weighted by Gasteiger charge is -2.12. The van der Waals surface area contributed by atoms with E-state index >= 15 is 0 Å². The van der Waals surface area contributed by atoms with Crippen LogP contribution in [-0.2, 0) is 0 Å². The molecule has 2 heterocycles. The van der Waals surface area contributed by atoms with Crippen molar-refractivity contribution in [1.82, 2.24) is 10.3 Å². The molecule has 4 nitrogen and oxygen atoms in total. The highest BCUT2D eigenvalue weighted by molar-refractivity contribution is 7.21. The van der Waals surface area contributed by atoms with Gasteiger partial charge in [-0.15, -0.1) is 22.7 Å². The van der Waals surface area contributed by atoms with Crippen LogP contribution in [0.5, 0.6) is 0 Å². The Morgan fingerprint density at radius 2 is 2.04 bits per heavy atom. The fraction of sp³-hybridized carbons (Fsp3) is 0.125. The summed E-state index contributed by atoms with van der Waals surface area (Å²) < 4.78 is 0. The number of halogens is 2. The molecule has 0 spiro atoms. The van der Waals surface area contributed by atoms with Crippen LogP contribution in [0.4, 0.5) is 0 Å². The normalized spacial score (nSPS) is 12.1. The number of nitrogens with one attached hydrogen (secondary N) is 1. The van der Waals surface area contributed by atoms with Crippen LogP contribution in [0.1, 0.15) is 21.3 Å². The van der Waals surface area contributed by atoms with Crippen LogP contribution in [-0.4, -0.2) is 22.5 Å². The Morgan fingerprint density at radius 1 is 1.29 bits per heavy atom. The molecule has 0 aliphatic carbocycles. The first-order valence-corrected chi connectivity index (χ1v) is 9.40. The summed E-state index contributed by atoms with van der Waals surface area (Å²) in [7, 11) is 0. The van der Waals surface area contributed by atoms with E-state index in [0.29, 0.717) is 20.5 Å². The van der Waals surface area contributed by atoms with Gasteiger partial charge in [-0.05, 0) is 35.2 Å². The van der Waals surface area contributed by atoms with Gasteiger partial charge in [0.2, 0.25) is 0 Å². The number of rotatable bonds is 5. The molecule has 0 saturated heterocycles. The van der Waals surface area contributed by atoms with Crippen LogP contribution in [0.15, 0.2) is 41.9 Å². The Hall–Kier alpha value is -1.44. The maximum atomic E-state index is 12.2. The SMILES string of the molecule is O=C(NCC(O)c1cc(Cl)cc(Cl)c1)c1cnc(-c2cccs2)s1. The van der Waals surface area contributed by atoms with Gasteiger partial charge in [0.05, 0.1) is 17.2 Å². The number of thiazole rings is 1. The van der Waals surface area contributed by atoms with Crippen molar-refractivity contribution in [3.63, 3.8) is 0 Å². The van der Waals surface area contributed by atoms with Crippen molar-refractivity contribution in [3.05, 3.63) is 62.4 Å². The first-order valence-electron chi connectivity index (χ1n) is 6.95. The van der Waals surface area contributed by atoms with Crippen LogP contribution in [0.2, 0.25) is 10.0 Å². The van der Waals surface area contributed by atoms with E-state index in [1.807, 2.05) is 17.5 Å². The molecule has 0 radical (unpaired) electrons. The van der Waals surface area contributed by atoms with E-state index < -0.39 is 6.10 Å². The first kappa shape index (κ1) is 17.4. The molecule has 8 heteroatoms. The van der Waals surface area contributed by atoms with E-state index in [0.717, 1.165) is 9.88 Å². The Morgan fingerprint density at radius 3 is 2.71 bits per heavy atom. The first-order chi connectivity index (χ1) is 11.5. The van der Waals surface area contributed by atoms with E-state index in [1.165, 1.54) is 17.5 Å². The third-order valence-corrected chi connectivity index (χ3v) is 5.66. The predicted octanol–water partition coefficient (Wildman–Crippen LogP) is 4.64. The minimum absolute atomic E-state index is 0.0573. The number of thiophene rings is 1. The second-order valence-corrected chi connectivity index (χ2v) is 7.79. The number of carbonyl (C=O) groups excluding carboxylic acids is 1. The third kappa shape index (κ3) is 4.15. The van der Waals surface area contributed by atoms with Gasteiger partial charge >= 0.3 is 0 Å². The zero-order chi connectivity index (χ0) is 17.1. The second-order valence-electron chi connectivity index (χ2n) is 4.94. The standard InChI is InChI=1S/C16H12Cl2N2O2S2/c17-10-4-9(5-11(18)6-10)12(21)7-19-15(22)14-8-20-16(24-14)13-2-1-3-23-13/h1-6,8,12,21H,7H2,(H,19,22). The second kappa shape index (κ2) is 7.63. The molecule has 1 amide bonds. The smallest absolute Gasteiger partial charge is 0.263 e. The van der Waals surface area contributed by atoms with E-state index in [-0.39, 0.29) is 12.5 Å². The van der Waals surface area contributed by atoms with Gasteiger partial charge in [0.1, 0.15) is 9.88 Å². The van der Waals surface area contributed by atoms with E-state index in [2.05, 4.69) is 10.3 Å². The molecule has 1 unspecified atom stereocenters. The van der Waals surface area contributed by atoms with Gasteiger partial charge in [-0.3, -0.25) is 4.79 Å². The number of aliphatic hydroxyl groups is 1. The van der Waals surface area contributed by atoms with Crippen LogP contribution < -0.4 is 5.32 Å². The van der Waals surface area contributed by atoms with Crippen LogP contribution in [0.3, 0.4) is 0 Å². The topological polar surface area (TPSA) is 62.2 Å². The fourth-order valence-electron chi connectivity index (χ4n) is 2.06. The average Bonchev–Trinajstić information content (AvgIpc) is 3.21. The molecule has 2 aromatic heterocycles. The predicted molar refractivity (Wildman–Crippen MR) is 99.2 cm³/mol. The molecule has 0 saturated carbocycles. The summed E-state index contributed by atoms with van der Waals surface area (Å²) in [5, 5.41) is 16.5. The van der Waals surface area contributed by atoms with Gasteiger partial charge in [0.15, 0.2) is 0 Å². The highest BCUT2D eigenvalue weighted by Gasteiger charge is 2.15. The van der Waals surface area contributed by atoms with Crippen molar-refractivity contribution in [1.29, 1.82) is 0 Å². The van der Waals surface area contributed by atoms with Crippen molar-refractivity contribution < 1.29 is 9.90 Å². The summed E-state index contributed by atoms with van der Waals surface area (Å²) in [5.74, 6) is -0.275. The summed E-state index contributed by atoms with van der Waals surface area (Å²) in [6.45, 7) is 0.0573. The molecule has 3 rings (SSSR count). The van der Waals surface area contributed by atoms with Gasteiger partial charge in [0, 0.05) is 16.6 Å². The summed E-state index contributed by atoms with van der Waals surface area (Å²) in [6, 6.07) is 8.71. The highest BCUT2D eigenvalue weighted by Crippen LogP contribution is 2.29. The Balaban J connectivity index is 1.63. The number of aliphatic hydroxyl groups excluding tert-OH is 1. The summed E-state index contributed by atoms with van der Waals surface area (Å²) in [4.78, 5) is 18.0. The maximum absolute atomic E-state index is 12.2. The lowest BCUT2D eigenvalue weighted by Crippen LogP contribution is -2.27. The van der Waals surface area contributed by atoms with E-state index in [4.69, 9.17) is 23.2 Å². The van der Waals surface area contributed by atoms with E-state index in [9.17, 15) is 9.90 Å². The molecule has 1 atom stereocenters. The number of hydrogen-bond donors (Lipinski definition) is 2. The van der Waals surface area contributed by atoms with Crippen molar-refractivity contribution in [3.8, 4) is 9.88 Å². The molecule has 1 aromatic carbocycles. The Bertz CT molecular complexity index is 829. The number of aromatic nitrogens is 1. The number of hydrogen-bond acceptors (Lipinski definition) is 5. The zero-order valence-corrected chi connectivity index (χ0v) is 15.3. The molecule has 2 N–H and O–H groups in total. The molecular formula is C16H12Cl2N2O2S2. The number of carbonyl (C=O) groups is 1. The monoisotopic (exact) mass is 398 g/mol. The largest absolute Gasteiger partial charge is 0.387 e. The number of amides is 1. The van der Waals surface area contributed by atoms with Crippen molar-refractivity contribution >= 4 is 51.8 Å². The molecule has 3 aromatic rings. The molecular weight excluding hydrogens is 387 g/mol. The van der Waals surface area contributed by atoms with E-state index in [1.54, 1.807) is 29.5 Å². The molecule has 0 aliphatic rings. The van der Waals surface area contributed by atoms with Gasteiger partial charge in [-0.2, -0.15) is 0 Å². The zero-order valence-electron chi connectivity index (χ0n) is 12.2. The number of nitrogens with zero attached hydrogens (tertiary/aromatic N) is 1.